The van der Waals surface area contributed by atoms with E-state index in [-0.39, 0.29) is 5.92 Å². The molecule has 0 radical (unpaired) electrons. The van der Waals surface area contributed by atoms with Crippen LogP contribution in [0.15, 0.2) is 0 Å². The van der Waals surface area contributed by atoms with Gasteiger partial charge in [-0.25, -0.2) is 0 Å². The Bertz CT molecular complexity index is 233. The second-order valence-corrected chi connectivity index (χ2v) is 5.66. The largest absolute Gasteiger partial charge is 0.391 e. The van der Waals surface area contributed by atoms with Crippen LogP contribution in [-0.2, 0) is 0 Å². The SMILES string of the molecule is FC(F)(F)C1CCCC(CNC2CCCC2)C1. The summed E-state index contributed by atoms with van der Waals surface area (Å²) in [5.74, 6) is -0.817. The average Bonchev–Trinajstić information content (AvgIpc) is 2.78. The summed E-state index contributed by atoms with van der Waals surface area (Å²) in [6, 6.07) is 0.571. The Balaban J connectivity index is 1.73. The van der Waals surface area contributed by atoms with Crippen LogP contribution in [0, 0.1) is 11.8 Å². The Morgan fingerprint density at radius 1 is 0.941 bits per heavy atom. The standard InChI is InChI=1S/C13H22F3N/c14-13(15,16)11-5-3-4-10(8-11)9-17-12-6-1-2-7-12/h10-12,17H,1-9H2. The normalized spacial score (nSPS) is 31.9. The van der Waals surface area contributed by atoms with E-state index in [1.807, 2.05) is 0 Å². The number of hydrogen-bond acceptors (Lipinski definition) is 1. The van der Waals surface area contributed by atoms with Crippen LogP contribution in [0.2, 0.25) is 0 Å². The first-order chi connectivity index (χ1) is 8.05. The molecule has 0 aliphatic heterocycles. The summed E-state index contributed by atoms with van der Waals surface area (Å²) < 4.78 is 37.9. The molecule has 0 saturated heterocycles. The third kappa shape index (κ3) is 3.87. The summed E-state index contributed by atoms with van der Waals surface area (Å²) in [6.45, 7) is 0.789. The molecule has 0 aromatic carbocycles. The van der Waals surface area contributed by atoms with E-state index in [0.717, 1.165) is 19.4 Å². The molecule has 0 aromatic rings. The van der Waals surface area contributed by atoms with Crippen molar-refractivity contribution in [1.29, 1.82) is 0 Å². The van der Waals surface area contributed by atoms with E-state index in [4.69, 9.17) is 0 Å². The third-order valence-electron chi connectivity index (χ3n) is 4.30. The highest BCUT2D eigenvalue weighted by molar-refractivity contribution is 4.81. The second-order valence-electron chi connectivity index (χ2n) is 5.66. The van der Waals surface area contributed by atoms with Gasteiger partial charge in [0.15, 0.2) is 0 Å². The molecule has 2 fully saturated rings. The first-order valence-electron chi connectivity index (χ1n) is 6.86. The summed E-state index contributed by atoms with van der Waals surface area (Å²) >= 11 is 0. The minimum Gasteiger partial charge on any atom is -0.314 e. The number of rotatable bonds is 3. The Hall–Kier alpha value is -0.250. The fraction of sp³-hybridized carbons (Fsp3) is 1.00. The number of nitrogens with one attached hydrogen (secondary N) is 1. The highest BCUT2D eigenvalue weighted by atomic mass is 19.4. The minimum absolute atomic E-state index is 0.232. The van der Waals surface area contributed by atoms with Gasteiger partial charge < -0.3 is 5.32 Å². The van der Waals surface area contributed by atoms with Crippen molar-refractivity contribution < 1.29 is 13.2 Å². The van der Waals surface area contributed by atoms with Gasteiger partial charge >= 0.3 is 6.18 Å². The van der Waals surface area contributed by atoms with Gasteiger partial charge in [0.05, 0.1) is 5.92 Å². The second kappa shape index (κ2) is 5.59. The van der Waals surface area contributed by atoms with Crippen LogP contribution in [0.3, 0.4) is 0 Å². The van der Waals surface area contributed by atoms with Crippen molar-refractivity contribution in [2.24, 2.45) is 11.8 Å². The molecule has 1 N–H and O–H groups in total. The van der Waals surface area contributed by atoms with Gasteiger partial charge in [0.2, 0.25) is 0 Å². The van der Waals surface area contributed by atoms with Gasteiger partial charge in [-0.15, -0.1) is 0 Å². The molecule has 0 amide bonds. The molecule has 2 saturated carbocycles. The lowest BCUT2D eigenvalue weighted by molar-refractivity contribution is -0.185. The predicted octanol–water partition coefficient (Wildman–Crippen LogP) is 3.89. The molecular weight excluding hydrogens is 227 g/mol. The molecule has 0 aromatic heterocycles. The van der Waals surface area contributed by atoms with Gasteiger partial charge in [-0.2, -0.15) is 13.2 Å². The summed E-state index contributed by atoms with van der Waals surface area (Å²) in [5.41, 5.74) is 0. The van der Waals surface area contributed by atoms with Crippen molar-refractivity contribution in [3.63, 3.8) is 0 Å². The molecule has 0 bridgehead atoms. The van der Waals surface area contributed by atoms with E-state index in [0.29, 0.717) is 18.9 Å². The first-order valence-corrected chi connectivity index (χ1v) is 6.86. The fourth-order valence-corrected chi connectivity index (χ4v) is 3.24. The molecule has 2 atom stereocenters. The zero-order chi connectivity index (χ0) is 12.3. The summed E-state index contributed by atoms with van der Waals surface area (Å²) in [6.07, 6.45) is 3.35. The van der Waals surface area contributed by atoms with Crippen LogP contribution in [-0.4, -0.2) is 18.8 Å². The summed E-state index contributed by atoms with van der Waals surface area (Å²) in [5, 5.41) is 3.46. The molecule has 1 nitrogen and oxygen atoms in total. The van der Waals surface area contributed by atoms with Crippen LogP contribution < -0.4 is 5.32 Å². The fourth-order valence-electron chi connectivity index (χ4n) is 3.24. The highest BCUT2D eigenvalue weighted by Gasteiger charge is 2.42. The van der Waals surface area contributed by atoms with Crippen molar-refractivity contribution in [3.8, 4) is 0 Å². The predicted molar refractivity (Wildman–Crippen MR) is 61.8 cm³/mol. The van der Waals surface area contributed by atoms with Crippen LogP contribution >= 0.6 is 0 Å². The molecule has 2 aliphatic carbocycles. The highest BCUT2D eigenvalue weighted by Crippen LogP contribution is 2.39. The maximum absolute atomic E-state index is 12.6. The number of alkyl halides is 3. The molecule has 2 rings (SSSR count). The lowest BCUT2D eigenvalue weighted by Crippen LogP contribution is -2.36. The maximum atomic E-state index is 12.6. The number of halogens is 3. The van der Waals surface area contributed by atoms with Crippen molar-refractivity contribution in [2.45, 2.75) is 63.6 Å². The van der Waals surface area contributed by atoms with Crippen molar-refractivity contribution >= 4 is 0 Å². The molecule has 2 aliphatic rings. The molecular formula is C13H22F3N. The van der Waals surface area contributed by atoms with E-state index in [1.54, 1.807) is 0 Å². The zero-order valence-electron chi connectivity index (χ0n) is 10.2. The van der Waals surface area contributed by atoms with Crippen LogP contribution in [0.5, 0.6) is 0 Å². The van der Waals surface area contributed by atoms with Crippen LogP contribution in [0.4, 0.5) is 13.2 Å². The van der Waals surface area contributed by atoms with Crippen LogP contribution in [0.1, 0.15) is 51.4 Å². The monoisotopic (exact) mass is 249 g/mol. The van der Waals surface area contributed by atoms with Gasteiger partial charge in [0.25, 0.3) is 0 Å². The Kier molecular flexibility index (Phi) is 4.34. The van der Waals surface area contributed by atoms with Crippen LogP contribution in [0.25, 0.3) is 0 Å². The number of hydrogen-bond donors (Lipinski definition) is 1. The van der Waals surface area contributed by atoms with Gasteiger partial charge in [0.1, 0.15) is 0 Å². The lowest BCUT2D eigenvalue weighted by Gasteiger charge is -2.31. The van der Waals surface area contributed by atoms with E-state index < -0.39 is 12.1 Å². The Morgan fingerprint density at radius 3 is 2.29 bits per heavy atom. The Labute approximate surface area is 101 Å². The Morgan fingerprint density at radius 2 is 1.65 bits per heavy atom. The van der Waals surface area contributed by atoms with Crippen molar-refractivity contribution in [3.05, 3.63) is 0 Å². The van der Waals surface area contributed by atoms with Gasteiger partial charge in [-0.3, -0.25) is 0 Å². The molecule has 2 unspecified atom stereocenters. The van der Waals surface area contributed by atoms with E-state index >= 15 is 0 Å². The molecule has 4 heteroatoms. The minimum atomic E-state index is -3.98. The smallest absolute Gasteiger partial charge is 0.314 e. The summed E-state index contributed by atoms with van der Waals surface area (Å²) in [4.78, 5) is 0. The molecule has 17 heavy (non-hydrogen) atoms. The maximum Gasteiger partial charge on any atom is 0.391 e. The zero-order valence-corrected chi connectivity index (χ0v) is 10.2. The van der Waals surface area contributed by atoms with E-state index in [2.05, 4.69) is 5.32 Å². The average molecular weight is 249 g/mol. The van der Waals surface area contributed by atoms with Crippen molar-refractivity contribution in [2.75, 3.05) is 6.54 Å². The topological polar surface area (TPSA) is 12.0 Å². The molecule has 0 spiro atoms. The lowest BCUT2D eigenvalue weighted by atomic mass is 9.81. The van der Waals surface area contributed by atoms with Gasteiger partial charge in [-0.1, -0.05) is 19.3 Å². The van der Waals surface area contributed by atoms with Gasteiger partial charge in [-0.05, 0) is 44.6 Å². The first kappa shape index (κ1) is 13.2. The third-order valence-corrected chi connectivity index (χ3v) is 4.30. The van der Waals surface area contributed by atoms with Gasteiger partial charge in [0, 0.05) is 6.04 Å². The quantitative estimate of drug-likeness (QED) is 0.800. The van der Waals surface area contributed by atoms with E-state index in [9.17, 15) is 13.2 Å². The molecule has 0 heterocycles. The molecule has 100 valence electrons. The van der Waals surface area contributed by atoms with Crippen molar-refractivity contribution in [1.82, 2.24) is 5.32 Å². The summed E-state index contributed by atoms with van der Waals surface area (Å²) in [7, 11) is 0. The van der Waals surface area contributed by atoms with E-state index in [1.165, 1.54) is 25.7 Å².